The first-order valence-corrected chi connectivity index (χ1v) is 13.2. The molecule has 5 nitrogen and oxygen atoms in total. The summed E-state index contributed by atoms with van der Waals surface area (Å²) in [4.78, 5) is 26.9. The lowest BCUT2D eigenvalue weighted by Gasteiger charge is -2.25. The SMILES string of the molecule is CCCCCCCCCC(=O)Nc1cccc(C2SCC(=O)N2c2ccc(OCC)cc2)c1. The van der Waals surface area contributed by atoms with Gasteiger partial charge in [-0.25, -0.2) is 0 Å². The minimum atomic E-state index is -0.115. The van der Waals surface area contributed by atoms with Gasteiger partial charge in [-0.15, -0.1) is 11.8 Å². The van der Waals surface area contributed by atoms with Gasteiger partial charge in [0.1, 0.15) is 11.1 Å². The third-order valence-corrected chi connectivity index (χ3v) is 6.97. The van der Waals surface area contributed by atoms with Gasteiger partial charge < -0.3 is 10.1 Å². The van der Waals surface area contributed by atoms with Gasteiger partial charge in [0.05, 0.1) is 12.4 Å². The van der Waals surface area contributed by atoms with Crippen molar-refractivity contribution in [2.75, 3.05) is 22.6 Å². The van der Waals surface area contributed by atoms with Crippen molar-refractivity contribution < 1.29 is 14.3 Å². The summed E-state index contributed by atoms with van der Waals surface area (Å²) in [6.45, 7) is 4.78. The number of rotatable bonds is 13. The lowest BCUT2D eigenvalue weighted by Crippen LogP contribution is -2.27. The van der Waals surface area contributed by atoms with E-state index in [1.807, 2.05) is 60.4 Å². The van der Waals surface area contributed by atoms with Gasteiger partial charge in [0.25, 0.3) is 0 Å². The number of carbonyl (C=O) groups is 2. The third-order valence-electron chi connectivity index (χ3n) is 5.76. The van der Waals surface area contributed by atoms with Crippen LogP contribution in [0.4, 0.5) is 11.4 Å². The maximum atomic E-state index is 12.7. The Labute approximate surface area is 202 Å². The third kappa shape index (κ3) is 7.53. The maximum Gasteiger partial charge on any atom is 0.238 e. The highest BCUT2D eigenvalue weighted by molar-refractivity contribution is 8.00. The van der Waals surface area contributed by atoms with Gasteiger partial charge in [-0.2, -0.15) is 0 Å². The molecule has 0 aliphatic carbocycles. The lowest BCUT2D eigenvalue weighted by molar-refractivity contribution is -0.117. The number of hydrogen-bond donors (Lipinski definition) is 1. The Bertz CT molecular complexity index is 900. The summed E-state index contributed by atoms with van der Waals surface area (Å²) >= 11 is 1.61. The van der Waals surface area contributed by atoms with E-state index in [1.165, 1.54) is 32.1 Å². The minimum absolute atomic E-state index is 0.0548. The predicted octanol–water partition coefficient (Wildman–Crippen LogP) is 6.94. The normalized spacial score (nSPS) is 15.6. The van der Waals surface area contributed by atoms with Crippen molar-refractivity contribution in [3.8, 4) is 5.75 Å². The average Bonchev–Trinajstić information content (AvgIpc) is 3.21. The molecule has 0 spiro atoms. The zero-order valence-corrected chi connectivity index (χ0v) is 20.7. The summed E-state index contributed by atoms with van der Waals surface area (Å²) < 4.78 is 5.52. The fourth-order valence-electron chi connectivity index (χ4n) is 4.06. The highest BCUT2D eigenvalue weighted by Gasteiger charge is 2.34. The molecule has 0 aromatic heterocycles. The molecule has 1 aliphatic heterocycles. The molecule has 0 saturated carbocycles. The summed E-state index contributed by atoms with van der Waals surface area (Å²) in [6, 6.07) is 15.5. The molecule has 33 heavy (non-hydrogen) atoms. The largest absolute Gasteiger partial charge is 0.494 e. The summed E-state index contributed by atoms with van der Waals surface area (Å²) in [5, 5.41) is 2.92. The number of hydrogen-bond acceptors (Lipinski definition) is 4. The Morgan fingerprint density at radius 2 is 1.76 bits per heavy atom. The van der Waals surface area contributed by atoms with Crippen LogP contribution in [0.1, 0.15) is 76.2 Å². The molecular weight excluding hydrogens is 432 g/mol. The summed E-state index contributed by atoms with van der Waals surface area (Å²) in [5.41, 5.74) is 2.65. The van der Waals surface area contributed by atoms with Crippen LogP contribution in [0.5, 0.6) is 5.75 Å². The second-order valence-corrected chi connectivity index (χ2v) is 9.47. The van der Waals surface area contributed by atoms with E-state index in [9.17, 15) is 9.59 Å². The van der Waals surface area contributed by atoms with Crippen molar-refractivity contribution in [3.05, 3.63) is 54.1 Å². The average molecular weight is 469 g/mol. The molecule has 1 saturated heterocycles. The number of benzene rings is 2. The molecule has 1 N–H and O–H groups in total. The zero-order chi connectivity index (χ0) is 23.5. The van der Waals surface area contributed by atoms with Gasteiger partial charge >= 0.3 is 0 Å². The summed E-state index contributed by atoms with van der Waals surface area (Å²) in [6.07, 6.45) is 8.91. The molecule has 1 atom stereocenters. The van der Waals surface area contributed by atoms with E-state index in [-0.39, 0.29) is 17.2 Å². The number of ether oxygens (including phenoxy) is 1. The molecule has 3 rings (SSSR count). The number of unbranched alkanes of at least 4 members (excludes halogenated alkanes) is 6. The molecule has 6 heteroatoms. The van der Waals surface area contributed by atoms with E-state index in [0.717, 1.165) is 35.5 Å². The van der Waals surface area contributed by atoms with Gasteiger partial charge in [-0.3, -0.25) is 14.5 Å². The monoisotopic (exact) mass is 468 g/mol. The fraction of sp³-hybridized carbons (Fsp3) is 0.481. The molecule has 1 unspecified atom stereocenters. The van der Waals surface area contributed by atoms with E-state index >= 15 is 0 Å². The van der Waals surface area contributed by atoms with Crippen LogP contribution in [0.2, 0.25) is 0 Å². The van der Waals surface area contributed by atoms with Crippen LogP contribution in [0.15, 0.2) is 48.5 Å². The molecule has 0 radical (unpaired) electrons. The van der Waals surface area contributed by atoms with E-state index in [2.05, 4.69) is 12.2 Å². The Morgan fingerprint density at radius 3 is 2.48 bits per heavy atom. The van der Waals surface area contributed by atoms with Gasteiger partial charge in [-0.05, 0) is 55.3 Å². The second-order valence-electron chi connectivity index (χ2n) is 8.40. The van der Waals surface area contributed by atoms with Crippen molar-refractivity contribution in [3.63, 3.8) is 0 Å². The molecule has 2 aromatic carbocycles. The Morgan fingerprint density at radius 1 is 1.03 bits per heavy atom. The van der Waals surface area contributed by atoms with E-state index in [0.29, 0.717) is 18.8 Å². The van der Waals surface area contributed by atoms with Crippen LogP contribution in [0.25, 0.3) is 0 Å². The maximum absolute atomic E-state index is 12.7. The van der Waals surface area contributed by atoms with Crippen molar-refractivity contribution in [1.82, 2.24) is 0 Å². The van der Waals surface area contributed by atoms with Crippen molar-refractivity contribution in [2.45, 2.75) is 70.6 Å². The number of nitrogens with one attached hydrogen (secondary N) is 1. The smallest absolute Gasteiger partial charge is 0.238 e. The van der Waals surface area contributed by atoms with Crippen molar-refractivity contribution in [1.29, 1.82) is 0 Å². The van der Waals surface area contributed by atoms with Crippen LogP contribution >= 0.6 is 11.8 Å². The first-order chi connectivity index (χ1) is 16.1. The zero-order valence-electron chi connectivity index (χ0n) is 19.8. The Hall–Kier alpha value is -2.47. The minimum Gasteiger partial charge on any atom is -0.494 e. The van der Waals surface area contributed by atoms with Gasteiger partial charge in [0, 0.05) is 17.8 Å². The standard InChI is InChI=1S/C27H36N2O3S/c1-3-5-6-7-8-9-10-14-25(30)28-22-13-11-12-21(19-22)27-29(26(31)20-33-27)23-15-17-24(18-16-23)32-4-2/h11-13,15-19,27H,3-10,14,20H2,1-2H3,(H,28,30). The lowest BCUT2D eigenvalue weighted by atomic mass is 10.1. The number of thioether (sulfide) groups is 1. The number of nitrogens with zero attached hydrogens (tertiary/aromatic N) is 1. The molecule has 2 aromatic rings. The highest BCUT2D eigenvalue weighted by atomic mass is 32.2. The van der Waals surface area contributed by atoms with Crippen molar-refractivity contribution >= 4 is 35.0 Å². The molecular formula is C27H36N2O3S. The molecule has 178 valence electrons. The molecule has 1 heterocycles. The van der Waals surface area contributed by atoms with E-state index in [4.69, 9.17) is 4.74 Å². The van der Waals surface area contributed by atoms with Crippen LogP contribution in [-0.2, 0) is 9.59 Å². The van der Waals surface area contributed by atoms with Crippen molar-refractivity contribution in [2.24, 2.45) is 0 Å². The van der Waals surface area contributed by atoms with Gasteiger partial charge in [-0.1, -0.05) is 57.6 Å². The first-order valence-electron chi connectivity index (χ1n) is 12.2. The number of amides is 2. The Balaban J connectivity index is 1.57. The quantitative estimate of drug-likeness (QED) is 0.323. The van der Waals surface area contributed by atoms with Crippen LogP contribution in [-0.4, -0.2) is 24.2 Å². The second kappa shape index (κ2) is 13.3. The fourth-order valence-corrected chi connectivity index (χ4v) is 5.22. The molecule has 1 fully saturated rings. The summed E-state index contributed by atoms with van der Waals surface area (Å²) in [7, 11) is 0. The molecule has 0 bridgehead atoms. The van der Waals surface area contributed by atoms with Crippen LogP contribution in [0, 0.1) is 0 Å². The predicted molar refractivity (Wildman–Crippen MR) is 138 cm³/mol. The van der Waals surface area contributed by atoms with Crippen LogP contribution in [0.3, 0.4) is 0 Å². The van der Waals surface area contributed by atoms with Gasteiger partial charge in [0.15, 0.2) is 0 Å². The van der Waals surface area contributed by atoms with E-state index in [1.54, 1.807) is 11.8 Å². The van der Waals surface area contributed by atoms with Gasteiger partial charge in [0.2, 0.25) is 11.8 Å². The number of anilines is 2. The Kier molecular flexibility index (Phi) is 10.1. The summed E-state index contributed by atoms with van der Waals surface area (Å²) in [5.74, 6) is 1.37. The van der Waals surface area contributed by atoms with E-state index < -0.39 is 0 Å². The highest BCUT2D eigenvalue weighted by Crippen LogP contribution is 2.42. The topological polar surface area (TPSA) is 58.6 Å². The molecule has 2 amide bonds. The van der Waals surface area contributed by atoms with Crippen LogP contribution < -0.4 is 15.0 Å². The number of carbonyl (C=O) groups excluding carboxylic acids is 2. The molecule has 1 aliphatic rings. The first kappa shape index (κ1) is 25.2.